The maximum Gasteiger partial charge on any atom is 0.276 e. The molecule has 3 rings (SSSR count). The van der Waals surface area contributed by atoms with Gasteiger partial charge < -0.3 is 14.8 Å². The summed E-state index contributed by atoms with van der Waals surface area (Å²) in [7, 11) is 0. The summed E-state index contributed by atoms with van der Waals surface area (Å²) < 4.78 is 11.7. The van der Waals surface area contributed by atoms with Gasteiger partial charge in [0.2, 0.25) is 0 Å². The normalized spacial score (nSPS) is 16.0. The summed E-state index contributed by atoms with van der Waals surface area (Å²) in [6.45, 7) is 3.66. The van der Waals surface area contributed by atoms with E-state index in [0.29, 0.717) is 36.6 Å². The third kappa shape index (κ3) is 3.49. The van der Waals surface area contributed by atoms with Gasteiger partial charge in [0.25, 0.3) is 5.69 Å². The molecule has 126 valence electrons. The number of fused-ring (bicyclic) bond motifs is 1. The topological polar surface area (TPSA) is 73.6 Å². The van der Waals surface area contributed by atoms with E-state index >= 15 is 0 Å². The van der Waals surface area contributed by atoms with Gasteiger partial charge in [0.05, 0.1) is 10.5 Å². The Labute approximate surface area is 140 Å². The lowest BCUT2D eigenvalue weighted by molar-refractivity contribution is -0.385. The number of benzene rings is 2. The summed E-state index contributed by atoms with van der Waals surface area (Å²) in [6.07, 6.45) is 0.348. The van der Waals surface area contributed by atoms with Crippen molar-refractivity contribution in [1.82, 2.24) is 5.32 Å². The lowest BCUT2D eigenvalue weighted by Crippen LogP contribution is -2.38. The Bertz CT molecular complexity index is 718. The molecule has 0 radical (unpaired) electrons. The van der Waals surface area contributed by atoms with Gasteiger partial charge in [-0.25, -0.2) is 0 Å². The van der Waals surface area contributed by atoms with Gasteiger partial charge in [0.1, 0.15) is 12.7 Å². The van der Waals surface area contributed by atoms with E-state index in [4.69, 9.17) is 9.47 Å². The second-order valence-electron chi connectivity index (χ2n) is 5.67. The molecule has 0 saturated carbocycles. The first-order chi connectivity index (χ1) is 11.7. The van der Waals surface area contributed by atoms with Crippen LogP contribution in [0.3, 0.4) is 0 Å². The summed E-state index contributed by atoms with van der Waals surface area (Å²) >= 11 is 0. The Kier molecular flexibility index (Phi) is 4.96. The van der Waals surface area contributed by atoms with Gasteiger partial charge in [-0.15, -0.1) is 0 Å². The first-order valence-corrected chi connectivity index (χ1v) is 8.03. The molecule has 0 spiro atoms. The van der Waals surface area contributed by atoms with E-state index in [1.807, 2.05) is 25.1 Å². The summed E-state index contributed by atoms with van der Waals surface area (Å²) in [6, 6.07) is 13.2. The van der Waals surface area contributed by atoms with Gasteiger partial charge in [-0.05, 0) is 18.1 Å². The second kappa shape index (κ2) is 7.31. The number of nitro benzene ring substituents is 1. The van der Waals surface area contributed by atoms with Crippen LogP contribution >= 0.6 is 0 Å². The van der Waals surface area contributed by atoms with Crippen molar-refractivity contribution in [1.29, 1.82) is 0 Å². The summed E-state index contributed by atoms with van der Waals surface area (Å²) in [5, 5.41) is 14.5. The number of hydrogen-bond donors (Lipinski definition) is 1. The number of nitro groups is 1. The highest BCUT2D eigenvalue weighted by Crippen LogP contribution is 2.40. The molecular weight excluding hydrogens is 308 g/mol. The second-order valence-corrected chi connectivity index (χ2v) is 5.67. The van der Waals surface area contributed by atoms with Gasteiger partial charge in [0, 0.05) is 19.2 Å². The third-order valence-corrected chi connectivity index (χ3v) is 4.00. The van der Waals surface area contributed by atoms with E-state index < -0.39 is 0 Å². The fraction of sp³-hybridized carbons (Fsp3) is 0.333. The Morgan fingerprint density at radius 3 is 2.75 bits per heavy atom. The van der Waals surface area contributed by atoms with Crippen molar-refractivity contribution >= 4 is 5.69 Å². The molecule has 1 aliphatic rings. The molecule has 6 nitrogen and oxygen atoms in total. The van der Waals surface area contributed by atoms with E-state index in [-0.39, 0.29) is 16.7 Å². The van der Waals surface area contributed by atoms with Crippen LogP contribution < -0.4 is 14.8 Å². The molecule has 0 fully saturated rings. The van der Waals surface area contributed by atoms with Crippen LogP contribution in [0.5, 0.6) is 11.5 Å². The average molecular weight is 328 g/mol. The first-order valence-electron chi connectivity index (χ1n) is 8.03. The van der Waals surface area contributed by atoms with Crippen LogP contribution in [0.4, 0.5) is 5.69 Å². The average Bonchev–Trinajstić information content (AvgIpc) is 2.61. The maximum atomic E-state index is 11.2. The van der Waals surface area contributed by atoms with Gasteiger partial charge in [-0.2, -0.15) is 0 Å². The monoisotopic (exact) mass is 328 g/mol. The van der Waals surface area contributed by atoms with Crippen LogP contribution in [-0.4, -0.2) is 24.2 Å². The van der Waals surface area contributed by atoms with Crippen molar-refractivity contribution in [2.24, 2.45) is 0 Å². The van der Waals surface area contributed by atoms with Crippen LogP contribution in [0.15, 0.2) is 42.5 Å². The highest BCUT2D eigenvalue weighted by molar-refractivity contribution is 5.57. The minimum Gasteiger partial charge on any atom is -0.486 e. The molecule has 1 aliphatic heterocycles. The van der Waals surface area contributed by atoms with Crippen LogP contribution in [-0.2, 0) is 13.0 Å². The molecule has 0 aromatic heterocycles. The Morgan fingerprint density at radius 1 is 1.25 bits per heavy atom. The molecule has 1 unspecified atom stereocenters. The highest BCUT2D eigenvalue weighted by atomic mass is 16.6. The number of nitrogens with zero attached hydrogens (tertiary/aromatic N) is 1. The van der Waals surface area contributed by atoms with Crippen LogP contribution in [0.2, 0.25) is 0 Å². The molecule has 24 heavy (non-hydrogen) atoms. The van der Waals surface area contributed by atoms with Crippen molar-refractivity contribution in [2.75, 3.05) is 13.2 Å². The van der Waals surface area contributed by atoms with Gasteiger partial charge in [0.15, 0.2) is 11.5 Å². The predicted molar refractivity (Wildman–Crippen MR) is 90.5 cm³/mol. The molecule has 6 heteroatoms. The zero-order valence-corrected chi connectivity index (χ0v) is 13.5. The van der Waals surface area contributed by atoms with Crippen molar-refractivity contribution in [2.45, 2.75) is 26.0 Å². The van der Waals surface area contributed by atoms with Gasteiger partial charge in [-0.1, -0.05) is 37.3 Å². The van der Waals surface area contributed by atoms with E-state index in [9.17, 15) is 10.1 Å². The number of nitrogens with one attached hydrogen (secondary N) is 1. The fourth-order valence-corrected chi connectivity index (χ4v) is 2.81. The molecule has 2 aromatic carbocycles. The van der Waals surface area contributed by atoms with Crippen molar-refractivity contribution in [3.63, 3.8) is 0 Å². The Balaban J connectivity index is 1.67. The van der Waals surface area contributed by atoms with Crippen LogP contribution in [0.25, 0.3) is 0 Å². The number of ether oxygens (including phenoxy) is 2. The minimum atomic E-state index is -0.375. The lowest BCUT2D eigenvalue weighted by Gasteiger charge is -2.28. The zero-order chi connectivity index (χ0) is 16.9. The number of rotatable bonds is 6. The smallest absolute Gasteiger partial charge is 0.276 e. The van der Waals surface area contributed by atoms with Crippen molar-refractivity contribution < 1.29 is 14.4 Å². The van der Waals surface area contributed by atoms with Crippen LogP contribution in [0.1, 0.15) is 18.1 Å². The van der Waals surface area contributed by atoms with E-state index in [0.717, 1.165) is 6.54 Å². The quantitative estimate of drug-likeness (QED) is 0.651. The zero-order valence-electron chi connectivity index (χ0n) is 13.5. The largest absolute Gasteiger partial charge is 0.486 e. The molecule has 1 N–H and O–H groups in total. The van der Waals surface area contributed by atoms with Crippen molar-refractivity contribution in [3.05, 3.63) is 63.7 Å². The molecule has 1 heterocycles. The van der Waals surface area contributed by atoms with E-state index in [2.05, 4.69) is 17.4 Å². The van der Waals surface area contributed by atoms with Gasteiger partial charge in [-0.3, -0.25) is 10.1 Å². The summed E-state index contributed by atoms with van der Waals surface area (Å²) in [5.74, 6) is 1.08. The molecule has 0 bridgehead atoms. The fourth-order valence-electron chi connectivity index (χ4n) is 2.81. The maximum absolute atomic E-state index is 11.2. The highest BCUT2D eigenvalue weighted by Gasteiger charge is 2.28. The van der Waals surface area contributed by atoms with E-state index in [1.165, 1.54) is 11.6 Å². The number of hydrogen-bond acceptors (Lipinski definition) is 5. The van der Waals surface area contributed by atoms with Crippen molar-refractivity contribution in [3.8, 4) is 11.5 Å². The molecule has 0 amide bonds. The Hall–Kier alpha value is -2.60. The molecule has 2 aromatic rings. The first kappa shape index (κ1) is 16.3. The van der Waals surface area contributed by atoms with E-state index in [1.54, 1.807) is 6.07 Å². The molecule has 0 aliphatic carbocycles. The predicted octanol–water partition coefficient (Wildman–Crippen LogP) is 3.09. The summed E-state index contributed by atoms with van der Waals surface area (Å²) in [5.41, 5.74) is 1.86. The summed E-state index contributed by atoms with van der Waals surface area (Å²) in [4.78, 5) is 10.8. The molecule has 0 saturated heterocycles. The lowest BCUT2D eigenvalue weighted by atomic mass is 10.1. The third-order valence-electron chi connectivity index (χ3n) is 4.00. The standard InChI is InChI=1S/C18H20N2O4/c1-2-15-16(20(21)22)8-9-17-18(15)24-14(12-23-17)11-19-10-13-6-4-3-5-7-13/h3-9,14,19H,2,10-12H2,1H3. The molecule has 1 atom stereocenters. The SMILES string of the molecule is CCc1c([N+](=O)[O-])ccc2c1OC(CNCc1ccccc1)CO2. The van der Waals surface area contributed by atoms with Gasteiger partial charge >= 0.3 is 0 Å². The Morgan fingerprint density at radius 2 is 2.04 bits per heavy atom. The minimum absolute atomic E-state index is 0.0812. The van der Waals surface area contributed by atoms with Crippen LogP contribution in [0, 0.1) is 10.1 Å². The molecular formula is C18H20N2O4.